The highest BCUT2D eigenvalue weighted by Gasteiger charge is 2.13. The largest absolute Gasteiger partial charge is 0.493 e. The Morgan fingerprint density at radius 1 is 1.15 bits per heavy atom. The second kappa shape index (κ2) is 8.31. The molecule has 112 valence electrons. The summed E-state index contributed by atoms with van der Waals surface area (Å²) < 4.78 is 5.65. The Kier molecular flexibility index (Phi) is 6.38. The molecule has 1 aliphatic rings. The summed E-state index contributed by atoms with van der Waals surface area (Å²) in [6.07, 6.45) is 11.4. The molecular weight excluding hydrogens is 246 g/mol. The van der Waals surface area contributed by atoms with E-state index in [2.05, 4.69) is 25.1 Å². The molecule has 0 spiro atoms. The van der Waals surface area contributed by atoms with E-state index in [0.717, 1.165) is 31.6 Å². The fourth-order valence-corrected chi connectivity index (χ4v) is 2.92. The molecule has 1 aliphatic heterocycles. The molecule has 1 aromatic carbocycles. The SMILES string of the molecule is CCCCCCCCC(N)c1ccc2c(c1)CCCO2. The number of nitrogens with two attached hydrogens (primary N) is 1. The molecule has 0 radical (unpaired) electrons. The van der Waals surface area contributed by atoms with Crippen LogP contribution in [0.2, 0.25) is 0 Å². The summed E-state index contributed by atoms with van der Waals surface area (Å²) >= 11 is 0. The van der Waals surface area contributed by atoms with Crippen LogP contribution in [0.15, 0.2) is 18.2 Å². The minimum Gasteiger partial charge on any atom is -0.493 e. The third-order valence-corrected chi connectivity index (χ3v) is 4.23. The van der Waals surface area contributed by atoms with Gasteiger partial charge in [0.1, 0.15) is 5.75 Å². The Morgan fingerprint density at radius 2 is 1.95 bits per heavy atom. The molecule has 0 aromatic heterocycles. The van der Waals surface area contributed by atoms with Crippen LogP contribution in [0.3, 0.4) is 0 Å². The fraction of sp³-hybridized carbons (Fsp3) is 0.667. The van der Waals surface area contributed by atoms with E-state index in [1.807, 2.05) is 0 Å². The van der Waals surface area contributed by atoms with Gasteiger partial charge in [-0.15, -0.1) is 0 Å². The molecule has 2 heteroatoms. The lowest BCUT2D eigenvalue weighted by molar-refractivity contribution is 0.288. The summed E-state index contributed by atoms with van der Waals surface area (Å²) in [5.41, 5.74) is 8.95. The number of ether oxygens (including phenoxy) is 1. The van der Waals surface area contributed by atoms with Crippen molar-refractivity contribution >= 4 is 0 Å². The Bertz CT molecular complexity index is 402. The quantitative estimate of drug-likeness (QED) is 0.694. The molecule has 0 fully saturated rings. The van der Waals surface area contributed by atoms with Gasteiger partial charge in [-0.25, -0.2) is 0 Å². The normalized spacial score (nSPS) is 15.5. The van der Waals surface area contributed by atoms with Crippen molar-refractivity contribution in [3.05, 3.63) is 29.3 Å². The van der Waals surface area contributed by atoms with Crippen molar-refractivity contribution < 1.29 is 4.74 Å². The second-order valence-electron chi connectivity index (χ2n) is 5.98. The van der Waals surface area contributed by atoms with Crippen molar-refractivity contribution in [3.8, 4) is 5.75 Å². The second-order valence-corrected chi connectivity index (χ2v) is 5.98. The standard InChI is InChI=1S/C18H29NO/c1-2-3-4-5-6-7-10-17(19)15-11-12-18-16(14-15)9-8-13-20-18/h11-12,14,17H,2-10,13,19H2,1H3. The molecular formula is C18H29NO. The first kappa shape index (κ1) is 15.4. The lowest BCUT2D eigenvalue weighted by Crippen LogP contribution is -2.13. The minimum atomic E-state index is 0.188. The Morgan fingerprint density at radius 3 is 2.80 bits per heavy atom. The molecule has 2 nitrogen and oxygen atoms in total. The van der Waals surface area contributed by atoms with E-state index in [1.54, 1.807) is 0 Å². The van der Waals surface area contributed by atoms with Crippen LogP contribution in [0, 0.1) is 0 Å². The topological polar surface area (TPSA) is 35.2 Å². The van der Waals surface area contributed by atoms with Crippen molar-refractivity contribution in [1.29, 1.82) is 0 Å². The summed E-state index contributed by atoms with van der Waals surface area (Å²) in [5, 5.41) is 0. The molecule has 0 saturated heterocycles. The Balaban J connectivity index is 1.76. The number of benzene rings is 1. The third-order valence-electron chi connectivity index (χ3n) is 4.23. The van der Waals surface area contributed by atoms with Crippen LogP contribution in [0.25, 0.3) is 0 Å². The highest BCUT2D eigenvalue weighted by atomic mass is 16.5. The van der Waals surface area contributed by atoms with E-state index in [4.69, 9.17) is 10.5 Å². The number of fused-ring (bicyclic) bond motifs is 1. The van der Waals surface area contributed by atoms with E-state index in [9.17, 15) is 0 Å². The molecule has 0 bridgehead atoms. The van der Waals surface area contributed by atoms with Crippen LogP contribution in [-0.2, 0) is 6.42 Å². The average Bonchev–Trinajstić information content (AvgIpc) is 2.50. The number of unbranched alkanes of at least 4 members (excludes halogenated alkanes) is 5. The van der Waals surface area contributed by atoms with Crippen molar-refractivity contribution in [3.63, 3.8) is 0 Å². The summed E-state index contributed by atoms with van der Waals surface area (Å²) in [7, 11) is 0. The van der Waals surface area contributed by atoms with Crippen LogP contribution < -0.4 is 10.5 Å². The molecule has 0 amide bonds. The van der Waals surface area contributed by atoms with E-state index in [1.165, 1.54) is 49.7 Å². The van der Waals surface area contributed by atoms with Crippen LogP contribution in [0.1, 0.15) is 75.5 Å². The van der Waals surface area contributed by atoms with Crippen molar-refractivity contribution in [1.82, 2.24) is 0 Å². The smallest absolute Gasteiger partial charge is 0.122 e. The van der Waals surface area contributed by atoms with Crippen LogP contribution in [0.5, 0.6) is 5.75 Å². The minimum absolute atomic E-state index is 0.188. The number of hydrogen-bond donors (Lipinski definition) is 1. The van der Waals surface area contributed by atoms with Crippen LogP contribution in [0.4, 0.5) is 0 Å². The van der Waals surface area contributed by atoms with E-state index >= 15 is 0 Å². The van der Waals surface area contributed by atoms with Gasteiger partial charge in [0, 0.05) is 6.04 Å². The van der Waals surface area contributed by atoms with Crippen LogP contribution >= 0.6 is 0 Å². The van der Waals surface area contributed by atoms with Crippen molar-refractivity contribution in [2.24, 2.45) is 5.73 Å². The van der Waals surface area contributed by atoms with Crippen molar-refractivity contribution in [2.75, 3.05) is 6.61 Å². The molecule has 0 aliphatic carbocycles. The number of aryl methyl sites for hydroxylation is 1. The van der Waals surface area contributed by atoms with Gasteiger partial charge in [-0.1, -0.05) is 57.6 Å². The van der Waals surface area contributed by atoms with E-state index in [0.29, 0.717) is 0 Å². The first-order valence-corrected chi connectivity index (χ1v) is 8.32. The third kappa shape index (κ3) is 4.52. The van der Waals surface area contributed by atoms with Gasteiger partial charge < -0.3 is 10.5 Å². The zero-order valence-electron chi connectivity index (χ0n) is 12.9. The summed E-state index contributed by atoms with van der Waals surface area (Å²) in [5.74, 6) is 1.06. The van der Waals surface area contributed by atoms with Gasteiger partial charge in [0.25, 0.3) is 0 Å². The zero-order valence-corrected chi connectivity index (χ0v) is 12.9. The monoisotopic (exact) mass is 275 g/mol. The Hall–Kier alpha value is -1.02. The van der Waals surface area contributed by atoms with E-state index < -0.39 is 0 Å². The maximum Gasteiger partial charge on any atom is 0.122 e. The Labute approximate surface area is 123 Å². The lowest BCUT2D eigenvalue weighted by atomic mass is 9.96. The van der Waals surface area contributed by atoms with Gasteiger partial charge in [-0.05, 0) is 36.5 Å². The summed E-state index contributed by atoms with van der Waals surface area (Å²) in [4.78, 5) is 0. The van der Waals surface area contributed by atoms with Gasteiger partial charge in [-0.2, -0.15) is 0 Å². The first-order valence-electron chi connectivity index (χ1n) is 8.32. The van der Waals surface area contributed by atoms with Crippen molar-refractivity contribution in [2.45, 2.75) is 70.8 Å². The highest BCUT2D eigenvalue weighted by Crippen LogP contribution is 2.28. The van der Waals surface area contributed by atoms with E-state index in [-0.39, 0.29) is 6.04 Å². The molecule has 2 rings (SSSR count). The molecule has 1 unspecified atom stereocenters. The summed E-state index contributed by atoms with van der Waals surface area (Å²) in [6.45, 7) is 3.12. The predicted molar refractivity (Wildman–Crippen MR) is 85.2 cm³/mol. The number of rotatable bonds is 8. The highest BCUT2D eigenvalue weighted by molar-refractivity contribution is 5.39. The molecule has 1 atom stereocenters. The first-order chi connectivity index (χ1) is 9.81. The predicted octanol–water partition coefficient (Wildman–Crippen LogP) is 4.76. The van der Waals surface area contributed by atoms with Gasteiger partial charge in [0.15, 0.2) is 0 Å². The molecule has 0 saturated carbocycles. The molecule has 2 N–H and O–H groups in total. The lowest BCUT2D eigenvalue weighted by Gasteiger charge is -2.20. The zero-order chi connectivity index (χ0) is 14.2. The molecule has 20 heavy (non-hydrogen) atoms. The maximum atomic E-state index is 6.33. The average molecular weight is 275 g/mol. The molecule has 1 heterocycles. The van der Waals surface area contributed by atoms with Gasteiger partial charge >= 0.3 is 0 Å². The van der Waals surface area contributed by atoms with Gasteiger partial charge in [0.05, 0.1) is 6.61 Å². The number of hydrogen-bond acceptors (Lipinski definition) is 2. The fourth-order valence-electron chi connectivity index (χ4n) is 2.92. The maximum absolute atomic E-state index is 6.33. The van der Waals surface area contributed by atoms with Gasteiger partial charge in [-0.3, -0.25) is 0 Å². The molecule has 1 aromatic rings. The van der Waals surface area contributed by atoms with Gasteiger partial charge in [0.2, 0.25) is 0 Å². The van der Waals surface area contributed by atoms with Crippen LogP contribution in [-0.4, -0.2) is 6.61 Å². The summed E-state index contributed by atoms with van der Waals surface area (Å²) in [6, 6.07) is 6.70.